The van der Waals surface area contributed by atoms with Gasteiger partial charge in [-0.2, -0.15) is 4.57 Å². The number of imidazole rings is 1. The van der Waals surface area contributed by atoms with Crippen LogP contribution in [0.5, 0.6) is 0 Å². The SMILES string of the molecule is Cc1cc(Cl)ccc1/C(=C\C=N)n1c([N+](=O)[O-])cnc1C. The Morgan fingerprint density at radius 1 is 1.48 bits per heavy atom. The summed E-state index contributed by atoms with van der Waals surface area (Å²) in [5.74, 6) is 0.333. The zero-order chi connectivity index (χ0) is 15.6. The van der Waals surface area contributed by atoms with E-state index in [1.807, 2.05) is 6.92 Å². The third kappa shape index (κ3) is 2.85. The first kappa shape index (κ1) is 14.9. The van der Waals surface area contributed by atoms with Crippen molar-refractivity contribution in [2.24, 2.45) is 0 Å². The molecule has 0 unspecified atom stereocenters. The zero-order valence-electron chi connectivity index (χ0n) is 11.5. The molecule has 1 aromatic heterocycles. The third-order valence-electron chi connectivity index (χ3n) is 3.05. The molecule has 108 valence electrons. The molecular weight excluding hydrogens is 292 g/mol. The van der Waals surface area contributed by atoms with Crippen molar-refractivity contribution in [2.45, 2.75) is 13.8 Å². The number of rotatable bonds is 4. The van der Waals surface area contributed by atoms with Crippen LogP contribution in [0.2, 0.25) is 5.02 Å². The van der Waals surface area contributed by atoms with Gasteiger partial charge in [-0.05, 0) is 35.6 Å². The topological polar surface area (TPSA) is 84.8 Å². The fraction of sp³-hybridized carbons (Fsp3) is 0.143. The van der Waals surface area contributed by atoms with Gasteiger partial charge in [-0.1, -0.05) is 11.6 Å². The van der Waals surface area contributed by atoms with Crippen LogP contribution in [-0.2, 0) is 0 Å². The smallest absolute Gasteiger partial charge is 0.348 e. The Balaban J connectivity index is 2.71. The maximum Gasteiger partial charge on any atom is 0.348 e. The fourth-order valence-corrected chi connectivity index (χ4v) is 2.36. The van der Waals surface area contributed by atoms with E-state index < -0.39 is 4.92 Å². The van der Waals surface area contributed by atoms with Crippen molar-refractivity contribution < 1.29 is 4.92 Å². The quantitative estimate of drug-likeness (QED) is 0.532. The second-order valence-corrected chi connectivity index (χ2v) is 4.87. The van der Waals surface area contributed by atoms with E-state index in [0.717, 1.165) is 17.3 Å². The second kappa shape index (κ2) is 5.88. The van der Waals surface area contributed by atoms with E-state index in [-0.39, 0.29) is 5.82 Å². The molecule has 1 N–H and O–H groups in total. The van der Waals surface area contributed by atoms with Crippen LogP contribution in [0.15, 0.2) is 30.5 Å². The molecule has 2 rings (SSSR count). The first-order valence-corrected chi connectivity index (χ1v) is 6.50. The molecule has 7 heteroatoms. The molecule has 0 fully saturated rings. The molecular formula is C14H13ClN4O2. The van der Waals surface area contributed by atoms with Gasteiger partial charge in [0, 0.05) is 29.8 Å². The lowest BCUT2D eigenvalue weighted by Gasteiger charge is -2.10. The van der Waals surface area contributed by atoms with Gasteiger partial charge in [0.2, 0.25) is 0 Å². The van der Waals surface area contributed by atoms with Crippen molar-refractivity contribution in [3.05, 3.63) is 62.6 Å². The molecule has 2 aromatic rings. The molecule has 0 bridgehead atoms. The van der Waals surface area contributed by atoms with Gasteiger partial charge in [0.15, 0.2) is 5.82 Å². The van der Waals surface area contributed by atoms with Gasteiger partial charge in [-0.3, -0.25) is 0 Å². The second-order valence-electron chi connectivity index (χ2n) is 4.43. The van der Waals surface area contributed by atoms with Crippen LogP contribution >= 0.6 is 11.6 Å². The largest absolute Gasteiger partial charge is 0.358 e. The predicted octanol–water partition coefficient (Wildman–Crippen LogP) is 3.60. The first-order valence-electron chi connectivity index (χ1n) is 6.12. The molecule has 0 radical (unpaired) electrons. The molecule has 0 saturated carbocycles. The number of aryl methyl sites for hydroxylation is 2. The molecule has 0 aliphatic carbocycles. The summed E-state index contributed by atoms with van der Waals surface area (Å²) in [6, 6.07) is 5.25. The van der Waals surface area contributed by atoms with Crippen LogP contribution in [0.1, 0.15) is 17.0 Å². The minimum absolute atomic E-state index is 0.144. The van der Waals surface area contributed by atoms with Crippen molar-refractivity contribution in [3.8, 4) is 0 Å². The minimum atomic E-state index is -0.497. The summed E-state index contributed by atoms with van der Waals surface area (Å²) < 4.78 is 1.42. The maximum absolute atomic E-state index is 11.2. The summed E-state index contributed by atoms with van der Waals surface area (Å²) in [6.45, 7) is 3.53. The number of aromatic nitrogens is 2. The van der Waals surface area contributed by atoms with Gasteiger partial charge >= 0.3 is 5.82 Å². The molecule has 1 aromatic carbocycles. The Bertz CT molecular complexity index is 749. The Morgan fingerprint density at radius 2 is 2.19 bits per heavy atom. The number of nitrogens with zero attached hydrogens (tertiary/aromatic N) is 3. The van der Waals surface area contributed by atoms with Gasteiger partial charge in [0.25, 0.3) is 0 Å². The van der Waals surface area contributed by atoms with Crippen LogP contribution in [0.25, 0.3) is 5.70 Å². The molecule has 0 aliphatic heterocycles. The molecule has 1 heterocycles. The highest BCUT2D eigenvalue weighted by molar-refractivity contribution is 6.30. The van der Waals surface area contributed by atoms with Gasteiger partial charge in [0.1, 0.15) is 11.9 Å². The predicted molar refractivity (Wildman–Crippen MR) is 82.0 cm³/mol. The average molecular weight is 305 g/mol. The number of nitrogens with one attached hydrogen (secondary N) is 1. The zero-order valence-corrected chi connectivity index (χ0v) is 12.3. The summed E-state index contributed by atoms with van der Waals surface area (Å²) >= 11 is 5.94. The number of hydrogen-bond donors (Lipinski definition) is 1. The Labute approximate surface area is 126 Å². The van der Waals surface area contributed by atoms with Crippen LogP contribution in [0, 0.1) is 29.4 Å². The maximum atomic E-state index is 11.2. The van der Waals surface area contributed by atoms with Crippen molar-refractivity contribution in [1.82, 2.24) is 9.55 Å². The van der Waals surface area contributed by atoms with Gasteiger partial charge in [-0.25, -0.2) is 4.98 Å². The van der Waals surface area contributed by atoms with E-state index in [4.69, 9.17) is 17.0 Å². The summed E-state index contributed by atoms with van der Waals surface area (Å²) in [5, 5.41) is 19.1. The van der Waals surface area contributed by atoms with E-state index in [1.165, 1.54) is 16.8 Å². The average Bonchev–Trinajstić information content (AvgIpc) is 2.79. The third-order valence-corrected chi connectivity index (χ3v) is 3.29. The summed E-state index contributed by atoms with van der Waals surface area (Å²) in [6.07, 6.45) is 3.79. The summed E-state index contributed by atoms with van der Waals surface area (Å²) in [7, 11) is 0. The standard InChI is InChI=1S/C14H13ClN4O2/c1-9-7-11(15)3-4-12(9)13(5-6-16)18-10(2)17-8-14(18)19(20)21/h3-8,16H,1-2H3/b13-5+,16-6?. The van der Waals surface area contributed by atoms with E-state index >= 15 is 0 Å². The van der Waals surface area contributed by atoms with Crippen molar-refractivity contribution in [1.29, 1.82) is 5.41 Å². The van der Waals surface area contributed by atoms with E-state index in [1.54, 1.807) is 25.1 Å². The Morgan fingerprint density at radius 3 is 2.76 bits per heavy atom. The van der Waals surface area contributed by atoms with Crippen molar-refractivity contribution in [3.63, 3.8) is 0 Å². The van der Waals surface area contributed by atoms with Crippen LogP contribution in [0.4, 0.5) is 5.82 Å². The van der Waals surface area contributed by atoms with Crippen molar-refractivity contribution >= 4 is 29.3 Å². The van der Waals surface area contributed by atoms with E-state index in [9.17, 15) is 10.1 Å². The van der Waals surface area contributed by atoms with Gasteiger partial charge in [-0.15, -0.1) is 0 Å². The molecule has 21 heavy (non-hydrogen) atoms. The monoisotopic (exact) mass is 304 g/mol. The number of hydrogen-bond acceptors (Lipinski definition) is 4. The number of nitro groups is 1. The summed E-state index contributed by atoms with van der Waals surface area (Å²) in [5.41, 5.74) is 2.13. The highest BCUT2D eigenvalue weighted by Crippen LogP contribution is 2.28. The van der Waals surface area contributed by atoms with Crippen LogP contribution in [-0.4, -0.2) is 20.7 Å². The first-order chi connectivity index (χ1) is 9.95. The van der Waals surface area contributed by atoms with E-state index in [0.29, 0.717) is 16.5 Å². The number of halogens is 1. The van der Waals surface area contributed by atoms with Crippen LogP contribution < -0.4 is 0 Å². The van der Waals surface area contributed by atoms with Crippen LogP contribution in [0.3, 0.4) is 0 Å². The lowest BCUT2D eigenvalue weighted by Crippen LogP contribution is -2.07. The fourth-order valence-electron chi connectivity index (χ4n) is 2.14. The Hall–Kier alpha value is -2.47. The minimum Gasteiger partial charge on any atom is -0.358 e. The normalized spacial score (nSPS) is 11.5. The highest BCUT2D eigenvalue weighted by Gasteiger charge is 2.23. The summed E-state index contributed by atoms with van der Waals surface area (Å²) in [4.78, 5) is 14.6. The lowest BCUT2D eigenvalue weighted by atomic mass is 10.1. The molecule has 0 aliphatic rings. The van der Waals surface area contributed by atoms with E-state index in [2.05, 4.69) is 4.98 Å². The molecule has 0 saturated heterocycles. The molecule has 0 atom stereocenters. The van der Waals surface area contributed by atoms with Crippen molar-refractivity contribution in [2.75, 3.05) is 0 Å². The number of benzene rings is 1. The molecule has 0 amide bonds. The Kier molecular flexibility index (Phi) is 4.18. The van der Waals surface area contributed by atoms with Gasteiger partial charge < -0.3 is 15.5 Å². The highest BCUT2D eigenvalue weighted by atomic mass is 35.5. The van der Waals surface area contributed by atoms with Gasteiger partial charge in [0.05, 0.1) is 0 Å². The number of allylic oxidation sites excluding steroid dienone is 1. The lowest BCUT2D eigenvalue weighted by molar-refractivity contribution is -0.390. The molecule has 6 nitrogen and oxygen atoms in total. The molecule has 0 spiro atoms.